The molecule has 1 saturated carbocycles. The number of benzene rings is 1. The molecule has 25 heavy (non-hydrogen) atoms. The van der Waals surface area contributed by atoms with Crippen LogP contribution in [0.1, 0.15) is 51.9 Å². The van der Waals surface area contributed by atoms with Crippen LogP contribution in [-0.4, -0.2) is 31.4 Å². The summed E-state index contributed by atoms with van der Waals surface area (Å²) in [6.07, 6.45) is 8.22. The van der Waals surface area contributed by atoms with Crippen molar-refractivity contribution < 1.29 is 14.3 Å². The molecular weight excluding hydrogens is 316 g/mol. The first-order valence-corrected chi connectivity index (χ1v) is 9.63. The van der Waals surface area contributed by atoms with Crippen molar-refractivity contribution in [3.63, 3.8) is 0 Å². The number of amides is 2. The van der Waals surface area contributed by atoms with E-state index in [9.17, 15) is 4.79 Å². The summed E-state index contributed by atoms with van der Waals surface area (Å²) in [6, 6.07) is 7.70. The van der Waals surface area contributed by atoms with E-state index in [-0.39, 0.29) is 18.2 Å². The van der Waals surface area contributed by atoms with Crippen LogP contribution in [0.5, 0.6) is 5.75 Å². The van der Waals surface area contributed by atoms with Crippen LogP contribution >= 0.6 is 0 Å². The number of hydrogen-bond acceptors (Lipinski definition) is 3. The Hall–Kier alpha value is -1.75. The summed E-state index contributed by atoms with van der Waals surface area (Å²) in [7, 11) is 0. The number of ether oxygens (including phenoxy) is 2. The minimum atomic E-state index is -0.149. The lowest BCUT2D eigenvalue weighted by molar-refractivity contribution is -0.0109. The monoisotopic (exact) mass is 346 g/mol. The van der Waals surface area contributed by atoms with E-state index in [0.29, 0.717) is 24.0 Å². The van der Waals surface area contributed by atoms with Crippen molar-refractivity contribution in [2.75, 3.05) is 18.5 Å². The lowest BCUT2D eigenvalue weighted by atomic mass is 9.86. The Bertz CT molecular complexity index is 558. The fourth-order valence-electron chi connectivity index (χ4n) is 3.67. The van der Waals surface area contributed by atoms with Gasteiger partial charge >= 0.3 is 6.03 Å². The third-order valence-electron chi connectivity index (χ3n) is 5.26. The molecule has 5 nitrogen and oxygen atoms in total. The molecule has 0 bridgehead atoms. The van der Waals surface area contributed by atoms with E-state index in [0.717, 1.165) is 25.9 Å². The molecule has 0 spiro atoms. The predicted molar refractivity (Wildman–Crippen MR) is 99.1 cm³/mol. The number of carbonyl (C=O) groups is 1. The van der Waals surface area contributed by atoms with Crippen LogP contribution in [-0.2, 0) is 4.74 Å². The average Bonchev–Trinajstić information content (AvgIpc) is 2.64. The zero-order valence-corrected chi connectivity index (χ0v) is 15.1. The van der Waals surface area contributed by atoms with Crippen LogP contribution in [0.2, 0.25) is 0 Å². The fraction of sp³-hybridized carbons (Fsp3) is 0.650. The van der Waals surface area contributed by atoms with E-state index in [4.69, 9.17) is 9.47 Å². The standard InChI is InChI=1S/C20H30N2O3/c1-15-8-2-3-10-17(15)21-20(23)22-18-11-4-5-12-19(18)25-14-16-9-6-7-13-24-16/h4-5,11-12,15-17H,2-3,6-10,13-14H2,1H3,(H2,21,22,23). The summed E-state index contributed by atoms with van der Waals surface area (Å²) in [5.41, 5.74) is 0.708. The second kappa shape index (κ2) is 9.09. The van der Waals surface area contributed by atoms with Crippen molar-refractivity contribution in [3.05, 3.63) is 24.3 Å². The summed E-state index contributed by atoms with van der Waals surface area (Å²) in [5, 5.41) is 6.07. The number of para-hydroxylation sites is 2. The maximum Gasteiger partial charge on any atom is 0.319 e. The summed E-state index contributed by atoms with van der Waals surface area (Å²) in [6.45, 7) is 3.56. The molecule has 1 aliphatic carbocycles. The maximum atomic E-state index is 12.4. The van der Waals surface area contributed by atoms with Crippen LogP contribution in [0.25, 0.3) is 0 Å². The Labute approximate surface area is 150 Å². The first kappa shape index (κ1) is 18.1. The van der Waals surface area contributed by atoms with Gasteiger partial charge in [0.05, 0.1) is 11.8 Å². The minimum Gasteiger partial charge on any atom is -0.489 e. The summed E-state index contributed by atoms with van der Waals surface area (Å²) >= 11 is 0. The lowest BCUT2D eigenvalue weighted by Gasteiger charge is -2.29. The van der Waals surface area contributed by atoms with E-state index in [1.165, 1.54) is 25.7 Å². The van der Waals surface area contributed by atoms with Gasteiger partial charge in [-0.25, -0.2) is 4.79 Å². The fourth-order valence-corrected chi connectivity index (χ4v) is 3.67. The first-order chi connectivity index (χ1) is 12.2. The van der Waals surface area contributed by atoms with E-state index >= 15 is 0 Å². The Morgan fingerprint density at radius 1 is 1.16 bits per heavy atom. The van der Waals surface area contributed by atoms with Gasteiger partial charge in [0.25, 0.3) is 0 Å². The summed E-state index contributed by atoms with van der Waals surface area (Å²) in [5.74, 6) is 1.23. The topological polar surface area (TPSA) is 59.6 Å². The minimum absolute atomic E-state index is 0.149. The zero-order valence-electron chi connectivity index (χ0n) is 15.1. The zero-order chi connectivity index (χ0) is 17.5. The number of hydrogen-bond donors (Lipinski definition) is 2. The Morgan fingerprint density at radius 3 is 2.76 bits per heavy atom. The molecule has 2 fully saturated rings. The van der Waals surface area contributed by atoms with Crippen LogP contribution in [0, 0.1) is 5.92 Å². The highest BCUT2D eigenvalue weighted by Crippen LogP contribution is 2.26. The third kappa shape index (κ3) is 5.36. The van der Waals surface area contributed by atoms with Gasteiger partial charge < -0.3 is 20.1 Å². The second-order valence-electron chi connectivity index (χ2n) is 7.26. The lowest BCUT2D eigenvalue weighted by Crippen LogP contribution is -2.43. The highest BCUT2D eigenvalue weighted by molar-refractivity contribution is 5.91. The molecule has 2 aliphatic rings. The maximum absolute atomic E-state index is 12.4. The summed E-state index contributed by atoms with van der Waals surface area (Å²) in [4.78, 5) is 12.4. The van der Waals surface area contributed by atoms with Gasteiger partial charge in [-0.1, -0.05) is 31.9 Å². The van der Waals surface area contributed by atoms with Gasteiger partial charge in [0.2, 0.25) is 0 Å². The number of anilines is 1. The van der Waals surface area contributed by atoms with Gasteiger partial charge in [0.15, 0.2) is 0 Å². The normalized spacial score (nSPS) is 26.7. The average molecular weight is 346 g/mol. The van der Waals surface area contributed by atoms with Crippen molar-refractivity contribution in [2.45, 2.75) is 64.0 Å². The smallest absolute Gasteiger partial charge is 0.319 e. The molecule has 1 saturated heterocycles. The quantitative estimate of drug-likeness (QED) is 0.834. The molecule has 1 aromatic carbocycles. The van der Waals surface area contributed by atoms with E-state index in [1.807, 2.05) is 24.3 Å². The van der Waals surface area contributed by atoms with Gasteiger partial charge in [-0.15, -0.1) is 0 Å². The van der Waals surface area contributed by atoms with E-state index < -0.39 is 0 Å². The molecule has 1 aliphatic heterocycles. The van der Waals surface area contributed by atoms with Crippen LogP contribution in [0.15, 0.2) is 24.3 Å². The highest BCUT2D eigenvalue weighted by atomic mass is 16.5. The van der Waals surface area contributed by atoms with Gasteiger partial charge in [-0.2, -0.15) is 0 Å². The van der Waals surface area contributed by atoms with Crippen LogP contribution < -0.4 is 15.4 Å². The molecule has 0 aromatic heterocycles. The molecule has 1 heterocycles. The number of rotatable bonds is 5. The molecule has 3 rings (SSSR count). The van der Waals surface area contributed by atoms with Gasteiger partial charge in [0, 0.05) is 12.6 Å². The molecular formula is C20H30N2O3. The molecule has 5 heteroatoms. The Morgan fingerprint density at radius 2 is 1.96 bits per heavy atom. The van der Waals surface area contributed by atoms with Gasteiger partial charge in [-0.05, 0) is 50.2 Å². The predicted octanol–water partition coefficient (Wildman–Crippen LogP) is 4.33. The Balaban J connectivity index is 1.53. The van der Waals surface area contributed by atoms with Crippen molar-refractivity contribution in [1.82, 2.24) is 5.32 Å². The largest absolute Gasteiger partial charge is 0.489 e. The number of carbonyl (C=O) groups excluding carboxylic acids is 1. The molecule has 1 aromatic rings. The Kier molecular flexibility index (Phi) is 6.56. The second-order valence-corrected chi connectivity index (χ2v) is 7.26. The van der Waals surface area contributed by atoms with Crippen LogP contribution in [0.4, 0.5) is 10.5 Å². The van der Waals surface area contributed by atoms with E-state index in [1.54, 1.807) is 0 Å². The van der Waals surface area contributed by atoms with Gasteiger partial charge in [0.1, 0.15) is 12.4 Å². The third-order valence-corrected chi connectivity index (χ3v) is 5.26. The summed E-state index contributed by atoms with van der Waals surface area (Å²) < 4.78 is 11.6. The SMILES string of the molecule is CC1CCCCC1NC(=O)Nc1ccccc1OCC1CCCCO1. The number of nitrogens with one attached hydrogen (secondary N) is 2. The molecule has 3 unspecified atom stereocenters. The molecule has 3 atom stereocenters. The van der Waals surface area contributed by atoms with E-state index in [2.05, 4.69) is 17.6 Å². The van der Waals surface area contributed by atoms with Crippen LogP contribution in [0.3, 0.4) is 0 Å². The number of urea groups is 1. The highest BCUT2D eigenvalue weighted by Gasteiger charge is 2.23. The first-order valence-electron chi connectivity index (χ1n) is 9.63. The molecule has 2 N–H and O–H groups in total. The molecule has 138 valence electrons. The molecule has 0 radical (unpaired) electrons. The van der Waals surface area contributed by atoms with Crippen molar-refractivity contribution in [1.29, 1.82) is 0 Å². The van der Waals surface area contributed by atoms with Crippen molar-refractivity contribution in [2.24, 2.45) is 5.92 Å². The van der Waals surface area contributed by atoms with Gasteiger partial charge in [-0.3, -0.25) is 0 Å². The van der Waals surface area contributed by atoms with Crippen molar-refractivity contribution >= 4 is 11.7 Å². The molecule has 2 amide bonds. The van der Waals surface area contributed by atoms with Crippen molar-refractivity contribution in [3.8, 4) is 5.75 Å².